The van der Waals surface area contributed by atoms with Gasteiger partial charge in [-0.2, -0.15) is 0 Å². The number of benzene rings is 2. The van der Waals surface area contributed by atoms with E-state index in [4.69, 9.17) is 19.9 Å². The van der Waals surface area contributed by atoms with Gasteiger partial charge in [0.05, 0.1) is 58.9 Å². The zero-order valence-electron chi connectivity index (χ0n) is 51.5. The number of hydrogen-bond acceptors (Lipinski definition) is 13. The third-order valence-corrected chi connectivity index (χ3v) is 16.0. The standard InChI is InChI=1S/C60H97IN10O12/c1-16-37(8)51(46(81-14)32-47(72)71-31-21-25-45(71)53(82-15)38(9)54(74)64-39(10)52(73)42-22-18-17-19-23-42)69(12)58(78)49(35(4)5)68-57(77)50(36(6)7)70(13)60(80)83-33-41-26-28-43(29-27-41)66-55(75)44(24-20-30-63-59(62)79)67-56(76)48(34(2)3)65-40(11)61/h17-19,22-23,26-29,34-40,44-46,48-53,65,73H,16,20-21,24-25,30-33H2,1-15H3,(H,64,74)(H,66,75)(H,67,76)(H,68,77)(H3,62,63,79)/t37-,38+,39+,40?,44-,45-,46+,48-,49-,50-,51-,52+,53+/m0/s1. The van der Waals surface area contributed by atoms with Crippen LogP contribution < -0.4 is 37.6 Å². The average Bonchev–Trinajstić information content (AvgIpc) is 4.01. The van der Waals surface area contributed by atoms with Gasteiger partial charge in [0.15, 0.2) is 0 Å². The van der Waals surface area contributed by atoms with Crippen molar-refractivity contribution >= 4 is 75.8 Å². The molecule has 2 aromatic rings. The van der Waals surface area contributed by atoms with E-state index in [0.717, 1.165) is 0 Å². The van der Waals surface area contributed by atoms with Crippen molar-refractivity contribution < 1.29 is 57.7 Å². The second-order valence-corrected chi connectivity index (χ2v) is 24.9. The second-order valence-electron chi connectivity index (χ2n) is 23.0. The molecule has 9 amide bonds. The van der Waals surface area contributed by atoms with E-state index in [1.165, 1.54) is 26.2 Å². The first kappa shape index (κ1) is 71.6. The zero-order chi connectivity index (χ0) is 62.4. The molecule has 83 heavy (non-hydrogen) atoms. The van der Waals surface area contributed by atoms with Crippen LogP contribution in [0.4, 0.5) is 15.3 Å². The SMILES string of the molecule is CC[C@H](C)[C@@H]([C@@H](CC(=O)N1CCC[C@H]1[C@H](OC)[C@@H](C)C(=O)N[C@H](C)[C@@H](O)c1ccccc1)OC)N(C)C(=O)[C@@H](NC(=O)[C@H](C(C)C)N(C)C(=O)OCc1ccc(NC(=O)[C@H](CCCNC(N)=O)NC(=O)[C@@H](NC(C)I)C(C)C)cc1)C(C)C. The lowest BCUT2D eigenvalue weighted by Crippen LogP contribution is -2.60. The maximum absolute atomic E-state index is 14.8. The van der Waals surface area contributed by atoms with Crippen LogP contribution in [-0.4, -0.2) is 167 Å². The summed E-state index contributed by atoms with van der Waals surface area (Å²) in [5.74, 6) is -4.01. The van der Waals surface area contributed by atoms with E-state index in [2.05, 4.69) is 54.5 Å². The summed E-state index contributed by atoms with van der Waals surface area (Å²) >= 11 is 2.17. The quantitative estimate of drug-likeness (QED) is 0.0181. The second kappa shape index (κ2) is 35.0. The summed E-state index contributed by atoms with van der Waals surface area (Å²) in [6.07, 6.45) is -0.677. The lowest BCUT2D eigenvalue weighted by Gasteiger charge is -2.41. The summed E-state index contributed by atoms with van der Waals surface area (Å²) in [6, 6.07) is 9.80. The lowest BCUT2D eigenvalue weighted by atomic mass is 9.89. The molecule has 0 spiro atoms. The Morgan fingerprint density at radius 3 is 1.94 bits per heavy atom. The number of aliphatic hydroxyl groups excluding tert-OH is 1. The Morgan fingerprint density at radius 1 is 0.771 bits per heavy atom. The summed E-state index contributed by atoms with van der Waals surface area (Å²) in [5, 5.41) is 28.3. The Hall–Kier alpha value is -5.63. The number of primary amides is 1. The van der Waals surface area contributed by atoms with Crippen LogP contribution in [-0.2, 0) is 49.6 Å². The molecule has 22 nitrogen and oxygen atoms in total. The number of rotatable bonds is 33. The number of ether oxygens (including phenoxy) is 3. The number of aliphatic hydroxyl groups is 1. The van der Waals surface area contributed by atoms with Crippen molar-refractivity contribution in [1.82, 2.24) is 41.3 Å². The van der Waals surface area contributed by atoms with E-state index in [1.807, 2.05) is 66.7 Å². The number of amides is 9. The van der Waals surface area contributed by atoms with Crippen molar-refractivity contribution in [3.63, 3.8) is 0 Å². The van der Waals surface area contributed by atoms with E-state index >= 15 is 0 Å². The lowest BCUT2D eigenvalue weighted by molar-refractivity contribution is -0.148. The van der Waals surface area contributed by atoms with E-state index in [-0.39, 0.29) is 59.6 Å². The van der Waals surface area contributed by atoms with Gasteiger partial charge >= 0.3 is 12.1 Å². The highest BCUT2D eigenvalue weighted by Crippen LogP contribution is 2.30. The summed E-state index contributed by atoms with van der Waals surface area (Å²) in [5.41, 5.74) is 6.89. The van der Waals surface area contributed by atoms with Crippen molar-refractivity contribution in [2.45, 2.75) is 186 Å². The van der Waals surface area contributed by atoms with Gasteiger partial charge in [-0.1, -0.05) is 134 Å². The van der Waals surface area contributed by atoms with E-state index in [0.29, 0.717) is 49.0 Å². The van der Waals surface area contributed by atoms with Gasteiger partial charge in [0.2, 0.25) is 35.4 Å². The number of likely N-dealkylation sites (tertiary alicyclic amines) is 1. The summed E-state index contributed by atoms with van der Waals surface area (Å²) < 4.78 is 17.7. The van der Waals surface area contributed by atoms with Gasteiger partial charge in [-0.05, 0) is 86.5 Å². The van der Waals surface area contributed by atoms with Gasteiger partial charge in [0.1, 0.15) is 24.7 Å². The highest BCUT2D eigenvalue weighted by molar-refractivity contribution is 14.1. The molecule has 2 aromatic carbocycles. The summed E-state index contributed by atoms with van der Waals surface area (Å²) in [4.78, 5) is 114. The molecule has 9 N–H and O–H groups in total. The van der Waals surface area contributed by atoms with Crippen molar-refractivity contribution in [2.24, 2.45) is 35.3 Å². The number of hydrogen-bond donors (Lipinski definition) is 8. The third kappa shape index (κ3) is 21.4. The first-order chi connectivity index (χ1) is 39.1. The van der Waals surface area contributed by atoms with Crippen LogP contribution in [0, 0.1) is 29.6 Å². The normalized spacial score (nSPS) is 17.8. The zero-order valence-corrected chi connectivity index (χ0v) is 53.7. The molecule has 0 radical (unpaired) electrons. The minimum Gasteiger partial charge on any atom is -0.445 e. The minimum absolute atomic E-state index is 0.0107. The fourth-order valence-electron chi connectivity index (χ4n) is 10.7. The van der Waals surface area contributed by atoms with E-state index in [1.54, 1.807) is 80.9 Å². The Morgan fingerprint density at radius 2 is 1.40 bits per heavy atom. The summed E-state index contributed by atoms with van der Waals surface area (Å²) in [6.45, 7) is 20.9. The van der Waals surface area contributed by atoms with E-state index < -0.39 is 108 Å². The fraction of sp³-hybridized carbons (Fsp3) is 0.667. The van der Waals surface area contributed by atoms with Crippen molar-refractivity contribution in [1.29, 1.82) is 0 Å². The molecule has 1 heterocycles. The predicted octanol–water partition coefficient (Wildman–Crippen LogP) is 5.85. The van der Waals surface area contributed by atoms with Crippen LogP contribution in [0.25, 0.3) is 0 Å². The smallest absolute Gasteiger partial charge is 0.410 e. The molecule has 23 heteroatoms. The maximum atomic E-state index is 14.8. The minimum atomic E-state index is -1.05. The predicted molar refractivity (Wildman–Crippen MR) is 328 cm³/mol. The number of carbonyl (C=O) groups is 8. The molecule has 13 atom stereocenters. The number of alkyl halides is 1. The van der Waals surface area contributed by atoms with Gasteiger partial charge in [0, 0.05) is 47.1 Å². The molecular weight excluding hydrogens is 1180 g/mol. The van der Waals surface area contributed by atoms with Crippen LogP contribution in [0.2, 0.25) is 0 Å². The molecule has 1 fully saturated rings. The van der Waals surface area contributed by atoms with Crippen molar-refractivity contribution in [2.75, 3.05) is 46.7 Å². The molecule has 1 saturated heterocycles. The van der Waals surface area contributed by atoms with Crippen molar-refractivity contribution in [3.05, 3.63) is 65.7 Å². The molecule has 1 unspecified atom stereocenters. The first-order valence-electron chi connectivity index (χ1n) is 29.1. The van der Waals surface area contributed by atoms with Crippen LogP contribution in [0.1, 0.15) is 132 Å². The Bertz CT molecular complexity index is 2400. The molecule has 1 aliphatic heterocycles. The van der Waals surface area contributed by atoms with E-state index in [9.17, 15) is 43.5 Å². The molecule has 0 bridgehead atoms. The topological polar surface area (TPSA) is 292 Å². The monoisotopic (exact) mass is 1280 g/mol. The molecule has 0 aliphatic carbocycles. The largest absolute Gasteiger partial charge is 0.445 e. The van der Waals surface area contributed by atoms with Gasteiger partial charge < -0.3 is 61.4 Å². The van der Waals surface area contributed by atoms with Crippen LogP contribution in [0.5, 0.6) is 0 Å². The number of urea groups is 1. The van der Waals surface area contributed by atoms with Gasteiger partial charge in [-0.25, -0.2) is 9.59 Å². The summed E-state index contributed by atoms with van der Waals surface area (Å²) in [7, 11) is 6.14. The van der Waals surface area contributed by atoms with Gasteiger partial charge in [-0.15, -0.1) is 0 Å². The van der Waals surface area contributed by atoms with Crippen LogP contribution in [0.3, 0.4) is 0 Å². The molecule has 0 saturated carbocycles. The number of methoxy groups -OCH3 is 2. The number of nitrogens with two attached hydrogens (primary N) is 1. The molecular formula is C60H97IN10O12. The number of halogens is 1. The van der Waals surface area contributed by atoms with Gasteiger partial charge in [0.25, 0.3) is 0 Å². The van der Waals surface area contributed by atoms with Crippen molar-refractivity contribution in [3.8, 4) is 0 Å². The number of nitrogens with zero attached hydrogens (tertiary/aromatic N) is 3. The Labute approximate surface area is 506 Å². The first-order valence-corrected chi connectivity index (χ1v) is 30.3. The number of anilines is 1. The number of nitrogens with one attached hydrogen (secondary N) is 6. The van der Waals surface area contributed by atoms with Crippen LogP contribution >= 0.6 is 22.6 Å². The average molecular weight is 1280 g/mol. The molecule has 466 valence electrons. The molecule has 0 aromatic heterocycles. The molecule has 3 rings (SSSR count). The fourth-order valence-corrected chi connectivity index (χ4v) is 11.1. The number of carbonyl (C=O) groups excluding carboxylic acids is 8. The Kier molecular flexibility index (Phi) is 30.2. The highest BCUT2D eigenvalue weighted by Gasteiger charge is 2.44. The number of likely N-dealkylation sites (N-methyl/N-ethyl adjacent to an activating group) is 2. The Balaban J connectivity index is 1.71. The maximum Gasteiger partial charge on any atom is 0.410 e. The van der Waals surface area contributed by atoms with Gasteiger partial charge in [-0.3, -0.25) is 39.0 Å². The highest BCUT2D eigenvalue weighted by atomic mass is 127. The van der Waals surface area contributed by atoms with Crippen LogP contribution in [0.15, 0.2) is 54.6 Å². The molecule has 1 aliphatic rings. The third-order valence-electron chi connectivity index (χ3n) is 15.6.